The Labute approximate surface area is 262 Å². The van der Waals surface area contributed by atoms with Crippen LogP contribution in [0.4, 0.5) is 19.4 Å². The molecule has 0 radical (unpaired) electrons. The number of likely N-dealkylation sites (tertiary alicyclic amines) is 1. The molecule has 2 atom stereocenters. The molecule has 3 amide bonds. The number of nitrogens with zero attached hydrogens (tertiary/aromatic N) is 5. The fourth-order valence-electron chi connectivity index (χ4n) is 5.90. The van der Waals surface area contributed by atoms with Gasteiger partial charge in [0.25, 0.3) is 0 Å². The lowest BCUT2D eigenvalue weighted by Gasteiger charge is -2.33. The van der Waals surface area contributed by atoms with Gasteiger partial charge in [-0.1, -0.05) is 24.3 Å². The van der Waals surface area contributed by atoms with Gasteiger partial charge in [0.1, 0.15) is 12.4 Å². The van der Waals surface area contributed by atoms with Crippen LogP contribution in [0.2, 0.25) is 0 Å². The number of hydrogen-bond acceptors (Lipinski definition) is 7. The number of hydrogen-bond donors (Lipinski definition) is 2. The van der Waals surface area contributed by atoms with Gasteiger partial charge in [-0.2, -0.15) is 0 Å². The predicted molar refractivity (Wildman–Crippen MR) is 166 cm³/mol. The van der Waals surface area contributed by atoms with Crippen LogP contribution in [0.3, 0.4) is 0 Å². The minimum Gasteiger partial charge on any atom is -0.475 e. The summed E-state index contributed by atoms with van der Waals surface area (Å²) in [5.74, 6) is -1.12. The summed E-state index contributed by atoms with van der Waals surface area (Å²) < 4.78 is 40.8. The van der Waals surface area contributed by atoms with Gasteiger partial charge >= 0.3 is 6.03 Å². The first-order valence-electron chi connectivity index (χ1n) is 15.2. The minimum absolute atomic E-state index is 0.0910. The van der Waals surface area contributed by atoms with Gasteiger partial charge in [-0.25, -0.2) is 18.3 Å². The van der Waals surface area contributed by atoms with Crippen LogP contribution in [0.5, 0.6) is 5.88 Å². The first kappa shape index (κ1) is 32.3. The Morgan fingerprint density at radius 2 is 1.69 bits per heavy atom. The number of ether oxygens (including phenoxy) is 2. The van der Waals surface area contributed by atoms with Crippen LogP contribution in [-0.4, -0.2) is 115 Å². The van der Waals surface area contributed by atoms with E-state index < -0.39 is 17.7 Å². The first-order chi connectivity index (χ1) is 21.7. The van der Waals surface area contributed by atoms with Crippen molar-refractivity contribution in [2.75, 3.05) is 78.0 Å². The van der Waals surface area contributed by atoms with Crippen LogP contribution in [0.1, 0.15) is 24.0 Å². The number of urea groups is 1. The number of nitrogens with one attached hydrogen (secondary N) is 2. The van der Waals surface area contributed by atoms with E-state index in [4.69, 9.17) is 14.6 Å². The minimum atomic E-state index is -0.917. The zero-order valence-corrected chi connectivity index (χ0v) is 26.0. The quantitative estimate of drug-likeness (QED) is 0.337. The summed E-state index contributed by atoms with van der Waals surface area (Å²) in [6.45, 7) is 9.69. The third kappa shape index (κ3) is 7.96. The topological polar surface area (TPSA) is 104 Å². The second kappa shape index (κ2) is 14.8. The Bertz CT molecular complexity index is 1460. The highest BCUT2D eigenvalue weighted by Crippen LogP contribution is 2.31. The number of carbonyl (C=O) groups is 2. The Morgan fingerprint density at radius 1 is 0.956 bits per heavy atom. The lowest BCUT2D eigenvalue weighted by molar-refractivity contribution is -0.130. The van der Waals surface area contributed by atoms with Crippen molar-refractivity contribution in [3.05, 3.63) is 71.3 Å². The van der Waals surface area contributed by atoms with E-state index in [1.807, 2.05) is 42.2 Å². The molecule has 0 saturated carbocycles. The molecule has 1 aromatic heterocycles. The largest absolute Gasteiger partial charge is 0.475 e. The molecule has 2 N–H and O–H groups in total. The third-order valence-corrected chi connectivity index (χ3v) is 8.47. The average Bonchev–Trinajstić information content (AvgIpc) is 3.58. The van der Waals surface area contributed by atoms with Gasteiger partial charge in [-0.3, -0.25) is 19.9 Å². The fraction of sp³-hybridized carbons (Fsp3) is 0.469. The molecular formula is C32H41F2N7O4. The van der Waals surface area contributed by atoms with Crippen LogP contribution in [0.25, 0.3) is 5.69 Å². The number of amides is 3. The Morgan fingerprint density at radius 3 is 2.38 bits per heavy atom. The maximum atomic E-state index is 14.2. The van der Waals surface area contributed by atoms with Crippen molar-refractivity contribution in [1.82, 2.24) is 29.8 Å². The molecule has 13 heteroatoms. The SMILES string of the molecule is COCCN1C[C@@H](NC(=O)Nc2c(C)c(OCCN3CCN(C(C)=O)CC3)nn2-c2ccccc2)[C@H](c2ccc(F)c(F)c2)C1. The van der Waals surface area contributed by atoms with Crippen molar-refractivity contribution in [2.24, 2.45) is 0 Å². The van der Waals surface area contributed by atoms with Crippen molar-refractivity contribution in [3.8, 4) is 11.6 Å². The number of carbonyl (C=O) groups excluding carboxylic acids is 2. The number of rotatable bonds is 11. The van der Waals surface area contributed by atoms with E-state index in [1.165, 1.54) is 6.07 Å². The van der Waals surface area contributed by atoms with Gasteiger partial charge in [-0.05, 0) is 36.8 Å². The Balaban J connectivity index is 1.29. The highest BCUT2D eigenvalue weighted by Gasteiger charge is 2.35. The zero-order valence-electron chi connectivity index (χ0n) is 26.0. The lowest BCUT2D eigenvalue weighted by Crippen LogP contribution is -2.48. The average molecular weight is 626 g/mol. The number of benzene rings is 2. The van der Waals surface area contributed by atoms with Crippen molar-refractivity contribution < 1.29 is 27.8 Å². The standard InChI is InChI=1S/C32H41F2N7O4/c1-22-30(36-32(43)35-29-21-39(15-17-44-3)20-26(29)24-9-10-27(33)28(34)19-24)41(25-7-5-4-6-8-25)37-31(22)45-18-16-38-11-13-40(14-12-38)23(2)42/h4-10,19,26,29H,11-18,20-21H2,1-3H3,(H2,35,36,43)/t26-,29+/m0/s1. The molecule has 3 aromatic rings. The lowest BCUT2D eigenvalue weighted by atomic mass is 9.94. The van der Waals surface area contributed by atoms with Crippen molar-refractivity contribution >= 4 is 17.8 Å². The van der Waals surface area contributed by atoms with E-state index in [9.17, 15) is 18.4 Å². The van der Waals surface area contributed by atoms with Gasteiger partial charge in [0.2, 0.25) is 11.8 Å². The van der Waals surface area contributed by atoms with E-state index >= 15 is 0 Å². The van der Waals surface area contributed by atoms with Crippen LogP contribution < -0.4 is 15.4 Å². The van der Waals surface area contributed by atoms with E-state index in [0.717, 1.165) is 24.8 Å². The van der Waals surface area contributed by atoms with Crippen molar-refractivity contribution in [2.45, 2.75) is 25.8 Å². The molecule has 0 aliphatic carbocycles. The molecule has 0 unspecified atom stereocenters. The summed E-state index contributed by atoms with van der Waals surface area (Å²) in [6.07, 6.45) is 0. The molecule has 0 spiro atoms. The molecule has 0 bridgehead atoms. The molecule has 2 fully saturated rings. The van der Waals surface area contributed by atoms with E-state index in [1.54, 1.807) is 24.8 Å². The molecule has 45 heavy (non-hydrogen) atoms. The van der Waals surface area contributed by atoms with Crippen LogP contribution in [-0.2, 0) is 9.53 Å². The Kier molecular flexibility index (Phi) is 10.6. The summed E-state index contributed by atoms with van der Waals surface area (Å²) >= 11 is 0. The zero-order chi connectivity index (χ0) is 31.9. The van der Waals surface area contributed by atoms with Gasteiger partial charge in [0.05, 0.1) is 23.9 Å². The van der Waals surface area contributed by atoms with Gasteiger partial charge in [0, 0.05) is 72.3 Å². The van der Waals surface area contributed by atoms with E-state index in [-0.39, 0.29) is 17.9 Å². The van der Waals surface area contributed by atoms with Crippen molar-refractivity contribution in [1.29, 1.82) is 0 Å². The predicted octanol–water partition coefficient (Wildman–Crippen LogP) is 3.24. The van der Waals surface area contributed by atoms with Crippen LogP contribution >= 0.6 is 0 Å². The molecule has 2 aliphatic rings. The number of para-hydroxylation sites is 1. The molecular weight excluding hydrogens is 584 g/mol. The second-order valence-electron chi connectivity index (χ2n) is 11.5. The van der Waals surface area contributed by atoms with E-state index in [0.29, 0.717) is 75.3 Å². The summed E-state index contributed by atoms with van der Waals surface area (Å²) in [5, 5.41) is 10.7. The smallest absolute Gasteiger partial charge is 0.320 e. The van der Waals surface area contributed by atoms with Crippen LogP contribution in [0, 0.1) is 18.6 Å². The van der Waals surface area contributed by atoms with Crippen molar-refractivity contribution in [3.63, 3.8) is 0 Å². The number of anilines is 1. The highest BCUT2D eigenvalue weighted by atomic mass is 19.2. The highest BCUT2D eigenvalue weighted by molar-refractivity contribution is 5.90. The summed E-state index contributed by atoms with van der Waals surface area (Å²) in [7, 11) is 1.62. The molecule has 11 nitrogen and oxygen atoms in total. The summed E-state index contributed by atoms with van der Waals surface area (Å²) in [5.41, 5.74) is 2.03. The molecule has 3 heterocycles. The third-order valence-electron chi connectivity index (χ3n) is 8.47. The summed E-state index contributed by atoms with van der Waals surface area (Å²) in [4.78, 5) is 31.4. The van der Waals surface area contributed by atoms with Gasteiger partial charge in [-0.15, -0.1) is 5.10 Å². The summed E-state index contributed by atoms with van der Waals surface area (Å²) in [6, 6.07) is 12.5. The maximum absolute atomic E-state index is 14.2. The van der Waals surface area contributed by atoms with E-state index in [2.05, 4.69) is 20.4 Å². The number of methoxy groups -OCH3 is 1. The molecule has 2 saturated heterocycles. The normalized spacial score (nSPS) is 19.1. The number of aromatic nitrogens is 2. The fourth-order valence-corrected chi connectivity index (χ4v) is 5.90. The Hall–Kier alpha value is -4.07. The van der Waals surface area contributed by atoms with Gasteiger partial charge in [0.15, 0.2) is 11.6 Å². The second-order valence-corrected chi connectivity index (χ2v) is 11.5. The first-order valence-corrected chi connectivity index (χ1v) is 15.2. The number of halogens is 2. The molecule has 2 aromatic carbocycles. The van der Waals surface area contributed by atoms with Crippen LogP contribution in [0.15, 0.2) is 48.5 Å². The van der Waals surface area contributed by atoms with Gasteiger partial charge < -0.3 is 19.7 Å². The molecule has 2 aliphatic heterocycles. The molecule has 5 rings (SSSR count). The molecule has 242 valence electrons. The monoisotopic (exact) mass is 625 g/mol. The number of piperazine rings is 1. The maximum Gasteiger partial charge on any atom is 0.320 e.